The number of carbonyl (C=O) groups excluding carboxylic acids is 3. The molecule has 8 nitrogen and oxygen atoms in total. The largest absolute Gasteiger partial charge is 0.401 e. The number of rotatable bonds is 10. The summed E-state index contributed by atoms with van der Waals surface area (Å²) >= 11 is 0. The Kier molecular flexibility index (Phi) is 8.51. The molecule has 0 aromatic heterocycles. The van der Waals surface area contributed by atoms with E-state index < -0.39 is 48.1 Å². The Morgan fingerprint density at radius 1 is 1.12 bits per heavy atom. The van der Waals surface area contributed by atoms with Gasteiger partial charge in [-0.2, -0.15) is 18.4 Å². The summed E-state index contributed by atoms with van der Waals surface area (Å²) in [6, 6.07) is -1.07. The Bertz CT molecular complexity index is 740. The number of carbonyl (C=O) groups is 3. The summed E-state index contributed by atoms with van der Waals surface area (Å²) in [5, 5.41) is 19.5. The van der Waals surface area contributed by atoms with Gasteiger partial charge in [0.05, 0.1) is 18.7 Å². The van der Waals surface area contributed by atoms with Gasteiger partial charge in [-0.15, -0.1) is 0 Å². The Balaban J connectivity index is 2.04. The van der Waals surface area contributed by atoms with Gasteiger partial charge in [0.25, 0.3) is 0 Å². The molecule has 32 heavy (non-hydrogen) atoms. The Labute approximate surface area is 186 Å². The van der Waals surface area contributed by atoms with Gasteiger partial charge in [0.15, 0.2) is 0 Å². The highest BCUT2D eigenvalue weighted by Crippen LogP contribution is 2.34. The van der Waals surface area contributed by atoms with Crippen LogP contribution in [-0.2, 0) is 14.4 Å². The maximum absolute atomic E-state index is 12.9. The minimum absolute atomic E-state index is 0.161. The van der Waals surface area contributed by atoms with Gasteiger partial charge < -0.3 is 16.0 Å². The number of alkyl halides is 3. The highest BCUT2D eigenvalue weighted by atomic mass is 19.4. The first-order chi connectivity index (χ1) is 14.8. The molecule has 4 N–H and O–H groups in total. The molecule has 2 rings (SSSR count). The fraction of sp³-hybridized carbons (Fsp3) is 0.810. The van der Waals surface area contributed by atoms with Crippen LogP contribution in [0.1, 0.15) is 52.9 Å². The molecule has 11 heteroatoms. The minimum atomic E-state index is -4.49. The molecule has 0 aromatic carbocycles. The number of hydrogen-bond donors (Lipinski definition) is 4. The lowest BCUT2D eigenvalue weighted by Gasteiger charge is -2.32. The lowest BCUT2D eigenvalue weighted by molar-refractivity contribution is -0.137. The van der Waals surface area contributed by atoms with E-state index in [9.17, 15) is 32.8 Å². The van der Waals surface area contributed by atoms with E-state index in [0.29, 0.717) is 19.4 Å². The van der Waals surface area contributed by atoms with Gasteiger partial charge in [-0.3, -0.25) is 19.7 Å². The molecule has 4 atom stereocenters. The Morgan fingerprint density at radius 2 is 1.78 bits per heavy atom. The van der Waals surface area contributed by atoms with Crippen molar-refractivity contribution in [3.8, 4) is 6.07 Å². The molecule has 2 aliphatic rings. The predicted molar refractivity (Wildman–Crippen MR) is 110 cm³/mol. The van der Waals surface area contributed by atoms with Crippen molar-refractivity contribution in [3.63, 3.8) is 0 Å². The number of nitrogens with zero attached hydrogens (tertiary/aromatic N) is 1. The second-order valence-corrected chi connectivity index (χ2v) is 9.74. The quantitative estimate of drug-likeness (QED) is 0.393. The fourth-order valence-corrected chi connectivity index (χ4v) is 3.75. The molecule has 0 unspecified atom stereocenters. The lowest BCUT2D eigenvalue weighted by Crippen LogP contribution is -2.58. The van der Waals surface area contributed by atoms with Gasteiger partial charge in [0.1, 0.15) is 12.1 Å². The first kappa shape index (κ1) is 25.9. The van der Waals surface area contributed by atoms with Crippen LogP contribution in [0.2, 0.25) is 0 Å². The number of nitriles is 1. The number of halogens is 3. The van der Waals surface area contributed by atoms with Crippen molar-refractivity contribution >= 4 is 17.7 Å². The molecule has 1 saturated heterocycles. The maximum Gasteiger partial charge on any atom is 0.401 e. The fourth-order valence-electron chi connectivity index (χ4n) is 3.75. The summed E-state index contributed by atoms with van der Waals surface area (Å²) in [6.07, 6.45) is -1.60. The SMILES string of the molecule is CC(C)(C)[C@H](NCC(F)(F)F)C(=O)N[C@@H](CC1CC1)C(=O)N[C@H](C#N)C[C@@H]1CCNC1=O. The van der Waals surface area contributed by atoms with Crippen LogP contribution in [0.25, 0.3) is 0 Å². The number of amides is 3. The van der Waals surface area contributed by atoms with E-state index in [1.165, 1.54) is 0 Å². The number of nitrogens with one attached hydrogen (secondary N) is 4. The van der Waals surface area contributed by atoms with Crippen molar-refractivity contribution in [2.24, 2.45) is 17.3 Å². The second kappa shape index (κ2) is 10.5. The summed E-state index contributed by atoms with van der Waals surface area (Å²) in [4.78, 5) is 37.5. The lowest BCUT2D eigenvalue weighted by atomic mass is 9.85. The van der Waals surface area contributed by atoms with Gasteiger partial charge in [0, 0.05) is 12.5 Å². The average molecular weight is 460 g/mol. The highest BCUT2D eigenvalue weighted by molar-refractivity contribution is 5.90. The van der Waals surface area contributed by atoms with E-state index in [0.717, 1.165) is 12.8 Å². The summed E-state index contributed by atoms with van der Waals surface area (Å²) < 4.78 is 38.1. The first-order valence-electron chi connectivity index (χ1n) is 10.9. The van der Waals surface area contributed by atoms with Crippen molar-refractivity contribution in [3.05, 3.63) is 0 Å². The van der Waals surface area contributed by atoms with Crippen molar-refractivity contribution in [2.45, 2.75) is 77.2 Å². The predicted octanol–water partition coefficient (Wildman–Crippen LogP) is 1.37. The molecule has 0 spiro atoms. The van der Waals surface area contributed by atoms with E-state index in [4.69, 9.17) is 0 Å². The van der Waals surface area contributed by atoms with Crippen LogP contribution in [-0.4, -0.2) is 55.1 Å². The van der Waals surface area contributed by atoms with Gasteiger partial charge in [-0.1, -0.05) is 33.6 Å². The minimum Gasteiger partial charge on any atom is -0.356 e. The highest BCUT2D eigenvalue weighted by Gasteiger charge is 2.39. The van der Waals surface area contributed by atoms with Crippen LogP contribution >= 0.6 is 0 Å². The molecule has 0 aromatic rings. The molecule has 0 bridgehead atoms. The normalized spacial score (nSPS) is 21.8. The topological polar surface area (TPSA) is 123 Å². The van der Waals surface area contributed by atoms with Crippen molar-refractivity contribution in [1.29, 1.82) is 5.26 Å². The van der Waals surface area contributed by atoms with Gasteiger partial charge in [-0.05, 0) is 30.6 Å². The molecule has 180 valence electrons. The zero-order valence-corrected chi connectivity index (χ0v) is 18.6. The first-order valence-corrected chi connectivity index (χ1v) is 10.9. The van der Waals surface area contributed by atoms with E-state index in [2.05, 4.69) is 21.3 Å². The van der Waals surface area contributed by atoms with Gasteiger partial charge in [0.2, 0.25) is 17.7 Å². The van der Waals surface area contributed by atoms with Crippen molar-refractivity contribution in [2.75, 3.05) is 13.1 Å². The smallest absolute Gasteiger partial charge is 0.356 e. The van der Waals surface area contributed by atoms with Crippen LogP contribution in [0.3, 0.4) is 0 Å². The standard InChI is InChI=1S/C21H32F3N5O3/c1-20(2,3)16(27-11-21(22,23)24)19(32)29-15(8-12-4-5-12)18(31)28-14(10-25)9-13-6-7-26-17(13)30/h12-16,27H,4-9,11H2,1-3H3,(H,26,30)(H,28,31)(H,29,32)/t13-,14-,15-,16+/m0/s1. The van der Waals surface area contributed by atoms with Gasteiger partial charge in [-0.25, -0.2) is 0 Å². The van der Waals surface area contributed by atoms with Crippen molar-refractivity contribution < 1.29 is 27.6 Å². The van der Waals surface area contributed by atoms with E-state index in [1.807, 2.05) is 6.07 Å². The van der Waals surface area contributed by atoms with Crippen molar-refractivity contribution in [1.82, 2.24) is 21.3 Å². The monoisotopic (exact) mass is 459 g/mol. The molecule has 1 heterocycles. The van der Waals surface area contributed by atoms with E-state index in [1.54, 1.807) is 20.8 Å². The molecule has 1 aliphatic heterocycles. The molecule has 1 aliphatic carbocycles. The van der Waals surface area contributed by atoms with Crippen LogP contribution in [0, 0.1) is 28.6 Å². The summed E-state index contributed by atoms with van der Waals surface area (Å²) in [5.74, 6) is -1.56. The van der Waals surface area contributed by atoms with Crippen LogP contribution in [0.15, 0.2) is 0 Å². The van der Waals surface area contributed by atoms with Crippen LogP contribution in [0.4, 0.5) is 13.2 Å². The molecule has 3 amide bonds. The summed E-state index contributed by atoms with van der Waals surface area (Å²) in [6.45, 7) is 4.09. The maximum atomic E-state index is 12.9. The summed E-state index contributed by atoms with van der Waals surface area (Å²) in [7, 11) is 0. The molecular weight excluding hydrogens is 427 g/mol. The molecule has 0 radical (unpaired) electrons. The third kappa shape index (κ3) is 8.30. The molecule has 1 saturated carbocycles. The zero-order chi connectivity index (χ0) is 24.1. The van der Waals surface area contributed by atoms with E-state index >= 15 is 0 Å². The average Bonchev–Trinajstić information content (AvgIpc) is 3.39. The molecular formula is C21H32F3N5O3. The Hall–Kier alpha value is -2.35. The Morgan fingerprint density at radius 3 is 2.25 bits per heavy atom. The summed E-state index contributed by atoms with van der Waals surface area (Å²) in [5.41, 5.74) is -0.832. The van der Waals surface area contributed by atoms with E-state index in [-0.39, 0.29) is 24.2 Å². The van der Waals surface area contributed by atoms with Crippen LogP contribution < -0.4 is 21.3 Å². The number of hydrogen-bond acceptors (Lipinski definition) is 5. The molecule has 2 fully saturated rings. The second-order valence-electron chi connectivity index (χ2n) is 9.74. The third-order valence-corrected chi connectivity index (χ3v) is 5.69. The zero-order valence-electron chi connectivity index (χ0n) is 18.6. The van der Waals surface area contributed by atoms with Crippen LogP contribution in [0.5, 0.6) is 0 Å². The third-order valence-electron chi connectivity index (χ3n) is 5.69. The van der Waals surface area contributed by atoms with Gasteiger partial charge >= 0.3 is 6.18 Å².